The van der Waals surface area contributed by atoms with E-state index in [1.54, 1.807) is 13.8 Å². The maximum Gasteiger partial charge on any atom is 0.343 e. The Morgan fingerprint density at radius 3 is 2.44 bits per heavy atom. The molecule has 1 fully saturated rings. The number of carbonyl (C=O) groups is 1. The van der Waals surface area contributed by atoms with Gasteiger partial charge in [-0.2, -0.15) is 0 Å². The van der Waals surface area contributed by atoms with Gasteiger partial charge in [0.25, 0.3) is 0 Å². The number of cyclic esters (lactones) is 1. The van der Waals surface area contributed by atoms with Crippen LogP contribution in [0.4, 0.5) is 0 Å². The van der Waals surface area contributed by atoms with Crippen molar-refractivity contribution in [2.75, 3.05) is 0 Å². The molecule has 134 valence electrons. The van der Waals surface area contributed by atoms with Crippen molar-refractivity contribution in [1.29, 1.82) is 0 Å². The van der Waals surface area contributed by atoms with Crippen LogP contribution in [0, 0.1) is 5.92 Å². The Bertz CT molecular complexity index is 670. The van der Waals surface area contributed by atoms with Crippen molar-refractivity contribution in [3.8, 4) is 0 Å². The van der Waals surface area contributed by atoms with Crippen LogP contribution in [0.1, 0.15) is 64.0 Å². The van der Waals surface area contributed by atoms with Crippen LogP contribution in [0.15, 0.2) is 41.7 Å². The fraction of sp³-hybridized carbons (Fsp3) is 0.571. The molecule has 2 atom stereocenters. The highest BCUT2D eigenvalue weighted by atomic mass is 16.7. The molecule has 2 heterocycles. The summed E-state index contributed by atoms with van der Waals surface area (Å²) in [6.45, 7) is 3.58. The summed E-state index contributed by atoms with van der Waals surface area (Å²) in [5.41, 5.74) is 1.52. The Hall–Kier alpha value is -1.81. The first-order valence-electron chi connectivity index (χ1n) is 9.39. The molecule has 1 aromatic carbocycles. The molecule has 0 radical (unpaired) electrons. The molecule has 1 aliphatic carbocycles. The fourth-order valence-corrected chi connectivity index (χ4v) is 4.30. The zero-order valence-corrected chi connectivity index (χ0v) is 15.0. The van der Waals surface area contributed by atoms with Gasteiger partial charge >= 0.3 is 5.97 Å². The van der Waals surface area contributed by atoms with Crippen molar-refractivity contribution >= 4 is 5.97 Å². The van der Waals surface area contributed by atoms with Gasteiger partial charge in [-0.1, -0.05) is 49.6 Å². The molecule has 1 saturated carbocycles. The first-order valence-corrected chi connectivity index (χ1v) is 9.39. The molecule has 0 aromatic heterocycles. The van der Waals surface area contributed by atoms with Crippen molar-refractivity contribution in [3.63, 3.8) is 0 Å². The van der Waals surface area contributed by atoms with E-state index in [0.29, 0.717) is 17.9 Å². The van der Waals surface area contributed by atoms with Crippen LogP contribution in [0.2, 0.25) is 0 Å². The molecule has 25 heavy (non-hydrogen) atoms. The van der Waals surface area contributed by atoms with Crippen LogP contribution in [0.3, 0.4) is 0 Å². The standard InChI is InChI=1S/C21H26O4/c1-21(2)24-17-13-16(14-9-5-3-6-10-14)23-19(18(17)20(22)25-21)15-11-7-4-8-12-15/h4,7-8,11-12,14,16,19H,3,5-6,9-10,13H2,1-2H3/t16-,19-/m0/s1. The largest absolute Gasteiger partial charge is 0.456 e. The van der Waals surface area contributed by atoms with Crippen molar-refractivity contribution < 1.29 is 19.0 Å². The maximum absolute atomic E-state index is 12.7. The minimum absolute atomic E-state index is 0.103. The minimum Gasteiger partial charge on any atom is -0.456 e. The van der Waals surface area contributed by atoms with E-state index in [1.165, 1.54) is 32.1 Å². The highest BCUT2D eigenvalue weighted by Gasteiger charge is 2.45. The third-order valence-corrected chi connectivity index (χ3v) is 5.47. The van der Waals surface area contributed by atoms with E-state index in [0.717, 1.165) is 11.3 Å². The second-order valence-corrected chi connectivity index (χ2v) is 7.80. The van der Waals surface area contributed by atoms with E-state index >= 15 is 0 Å². The number of benzene rings is 1. The molecular formula is C21H26O4. The number of hydrogen-bond donors (Lipinski definition) is 0. The van der Waals surface area contributed by atoms with Crippen molar-refractivity contribution in [3.05, 3.63) is 47.2 Å². The van der Waals surface area contributed by atoms with Gasteiger partial charge in [0.15, 0.2) is 0 Å². The third kappa shape index (κ3) is 3.32. The second-order valence-electron chi connectivity index (χ2n) is 7.80. The molecule has 4 nitrogen and oxygen atoms in total. The molecule has 0 amide bonds. The molecule has 4 heteroatoms. The molecule has 1 aromatic rings. The van der Waals surface area contributed by atoms with Crippen LogP contribution >= 0.6 is 0 Å². The van der Waals surface area contributed by atoms with Crippen LogP contribution in [0.25, 0.3) is 0 Å². The number of ether oxygens (including phenoxy) is 3. The Balaban J connectivity index is 1.71. The molecule has 0 bridgehead atoms. The van der Waals surface area contributed by atoms with Gasteiger partial charge in [0.05, 0.1) is 6.10 Å². The summed E-state index contributed by atoms with van der Waals surface area (Å²) < 4.78 is 18.0. The summed E-state index contributed by atoms with van der Waals surface area (Å²) in [5, 5.41) is 0. The van der Waals surface area contributed by atoms with Gasteiger partial charge in [0.2, 0.25) is 5.79 Å². The summed E-state index contributed by atoms with van der Waals surface area (Å²) in [4.78, 5) is 12.7. The van der Waals surface area contributed by atoms with E-state index < -0.39 is 11.9 Å². The Morgan fingerprint density at radius 2 is 1.72 bits per heavy atom. The first kappa shape index (κ1) is 16.6. The third-order valence-electron chi connectivity index (χ3n) is 5.47. The van der Waals surface area contributed by atoms with Crippen molar-refractivity contribution in [2.24, 2.45) is 5.92 Å². The molecule has 3 aliphatic rings. The number of carbonyl (C=O) groups excluding carboxylic acids is 1. The summed E-state index contributed by atoms with van der Waals surface area (Å²) in [6, 6.07) is 9.93. The molecule has 4 rings (SSSR count). The molecule has 0 spiro atoms. The van der Waals surface area contributed by atoms with E-state index in [9.17, 15) is 4.79 Å². The summed E-state index contributed by atoms with van der Waals surface area (Å²) in [7, 11) is 0. The topological polar surface area (TPSA) is 44.8 Å². The first-order chi connectivity index (χ1) is 12.0. The van der Waals surface area contributed by atoms with E-state index in [-0.39, 0.29) is 12.1 Å². The van der Waals surface area contributed by atoms with Crippen LogP contribution in [0.5, 0.6) is 0 Å². The molecule has 0 unspecified atom stereocenters. The van der Waals surface area contributed by atoms with Gasteiger partial charge in [-0.05, 0) is 24.3 Å². The highest BCUT2D eigenvalue weighted by molar-refractivity contribution is 5.91. The van der Waals surface area contributed by atoms with Crippen LogP contribution in [-0.2, 0) is 19.0 Å². The molecule has 0 saturated heterocycles. The number of rotatable bonds is 2. The average molecular weight is 342 g/mol. The SMILES string of the molecule is CC1(C)OC(=O)C2=C(C[C@@H](C3CCCCC3)O[C@H]2c2ccccc2)O1. The lowest BCUT2D eigenvalue weighted by atomic mass is 9.81. The Kier molecular flexibility index (Phi) is 4.32. The lowest BCUT2D eigenvalue weighted by Gasteiger charge is -2.43. The second kappa shape index (κ2) is 6.49. The van der Waals surface area contributed by atoms with Crippen molar-refractivity contribution in [1.82, 2.24) is 0 Å². The average Bonchev–Trinajstić information content (AvgIpc) is 2.61. The monoisotopic (exact) mass is 342 g/mol. The zero-order chi connectivity index (χ0) is 17.4. The Morgan fingerprint density at radius 1 is 1.00 bits per heavy atom. The lowest BCUT2D eigenvalue weighted by molar-refractivity contribution is -0.219. The molecule has 2 aliphatic heterocycles. The van der Waals surface area contributed by atoms with Gasteiger partial charge in [0, 0.05) is 20.3 Å². The summed E-state index contributed by atoms with van der Waals surface area (Å²) in [5.74, 6) is 0.0730. The van der Waals surface area contributed by atoms with Crippen LogP contribution < -0.4 is 0 Å². The highest BCUT2D eigenvalue weighted by Crippen LogP contribution is 2.45. The number of hydrogen-bond acceptors (Lipinski definition) is 4. The quantitative estimate of drug-likeness (QED) is 0.733. The number of esters is 1. The van der Waals surface area contributed by atoms with Gasteiger partial charge < -0.3 is 14.2 Å². The minimum atomic E-state index is -0.911. The fourth-order valence-electron chi connectivity index (χ4n) is 4.30. The van der Waals surface area contributed by atoms with Gasteiger partial charge in [0.1, 0.15) is 17.4 Å². The van der Waals surface area contributed by atoms with Gasteiger partial charge in [-0.25, -0.2) is 4.79 Å². The Labute approximate surface area is 149 Å². The smallest absolute Gasteiger partial charge is 0.343 e. The van der Waals surface area contributed by atoms with Crippen molar-refractivity contribution in [2.45, 2.75) is 70.4 Å². The van der Waals surface area contributed by atoms with E-state index in [1.807, 2.05) is 30.3 Å². The lowest BCUT2D eigenvalue weighted by Crippen LogP contribution is -2.43. The molecule has 0 N–H and O–H groups in total. The predicted molar refractivity (Wildman–Crippen MR) is 93.5 cm³/mol. The predicted octanol–water partition coefficient (Wildman–Crippen LogP) is 4.66. The summed E-state index contributed by atoms with van der Waals surface area (Å²) in [6.07, 6.45) is 6.61. The molecular weight excluding hydrogens is 316 g/mol. The zero-order valence-electron chi connectivity index (χ0n) is 15.0. The van der Waals surface area contributed by atoms with Gasteiger partial charge in [-0.15, -0.1) is 0 Å². The maximum atomic E-state index is 12.7. The normalized spacial score (nSPS) is 29.6. The summed E-state index contributed by atoms with van der Waals surface area (Å²) >= 11 is 0. The van der Waals surface area contributed by atoms with Gasteiger partial charge in [-0.3, -0.25) is 0 Å². The van der Waals surface area contributed by atoms with E-state index in [4.69, 9.17) is 14.2 Å². The van der Waals surface area contributed by atoms with E-state index in [2.05, 4.69) is 0 Å². The van der Waals surface area contributed by atoms with Crippen LogP contribution in [-0.4, -0.2) is 17.9 Å².